The first kappa shape index (κ1) is 19.6. The van der Waals surface area contributed by atoms with Crippen molar-refractivity contribution in [3.05, 3.63) is 89.7 Å². The van der Waals surface area contributed by atoms with Crippen LogP contribution in [0.15, 0.2) is 72.9 Å². The Labute approximate surface area is 176 Å². The zero-order valence-corrected chi connectivity index (χ0v) is 17.1. The predicted octanol–water partition coefficient (Wildman–Crippen LogP) is 3.56. The lowest BCUT2D eigenvalue weighted by Crippen LogP contribution is -2.32. The molecule has 1 aliphatic rings. The Kier molecular flexibility index (Phi) is 5.48. The largest absolute Gasteiger partial charge is 0.378 e. The first-order chi connectivity index (χ1) is 14.5. The van der Waals surface area contributed by atoms with Gasteiger partial charge in [0.25, 0.3) is 5.91 Å². The van der Waals surface area contributed by atoms with Gasteiger partial charge >= 0.3 is 0 Å². The van der Waals surface area contributed by atoms with Crippen molar-refractivity contribution >= 4 is 23.2 Å². The summed E-state index contributed by atoms with van der Waals surface area (Å²) in [5.41, 5.74) is 4.10. The normalized spacial score (nSPS) is 15.1. The van der Waals surface area contributed by atoms with Crippen LogP contribution in [0.4, 0.5) is 11.4 Å². The second kappa shape index (κ2) is 8.37. The van der Waals surface area contributed by atoms with Gasteiger partial charge in [-0.25, -0.2) is 0 Å². The van der Waals surface area contributed by atoms with E-state index < -0.39 is 6.04 Å². The maximum Gasteiger partial charge on any atom is 0.260 e. The zero-order valence-electron chi connectivity index (χ0n) is 17.1. The number of nitrogens with one attached hydrogen (secondary N) is 1. The van der Waals surface area contributed by atoms with Crippen molar-refractivity contribution in [3.63, 3.8) is 0 Å². The maximum atomic E-state index is 13.0. The summed E-state index contributed by atoms with van der Waals surface area (Å²) in [6.07, 6.45) is 1.82. The van der Waals surface area contributed by atoms with E-state index in [4.69, 9.17) is 0 Å². The van der Waals surface area contributed by atoms with Crippen LogP contribution in [0.3, 0.4) is 0 Å². The molecule has 0 saturated heterocycles. The van der Waals surface area contributed by atoms with Crippen molar-refractivity contribution in [2.45, 2.75) is 19.0 Å². The Balaban J connectivity index is 1.49. The zero-order chi connectivity index (χ0) is 21.1. The molecule has 0 unspecified atom stereocenters. The summed E-state index contributed by atoms with van der Waals surface area (Å²) in [6, 6.07) is 20.6. The molecule has 2 aromatic carbocycles. The molecule has 30 heavy (non-hydrogen) atoms. The van der Waals surface area contributed by atoms with Crippen LogP contribution in [0, 0.1) is 0 Å². The second-order valence-corrected chi connectivity index (χ2v) is 7.50. The standard InChI is InChI=1S/C24H24N4O2/c1-27(2)18-12-10-17(11-13-18)16-26-22(29)15-21-23-20(9-6-14-25-23)24(30)28(21)19-7-4-3-5-8-19/h3-14,21H,15-16H2,1-2H3,(H,26,29)/t21-/m0/s1. The number of para-hydroxylation sites is 1. The third kappa shape index (κ3) is 3.89. The van der Waals surface area contributed by atoms with Crippen molar-refractivity contribution in [2.75, 3.05) is 23.9 Å². The summed E-state index contributed by atoms with van der Waals surface area (Å²) < 4.78 is 0. The third-order valence-electron chi connectivity index (χ3n) is 5.27. The quantitative estimate of drug-likeness (QED) is 0.687. The highest BCUT2D eigenvalue weighted by Gasteiger charge is 2.39. The van der Waals surface area contributed by atoms with E-state index in [1.807, 2.05) is 73.6 Å². The molecule has 3 aromatic rings. The summed E-state index contributed by atoms with van der Waals surface area (Å²) in [7, 11) is 3.98. The van der Waals surface area contributed by atoms with Gasteiger partial charge in [-0.2, -0.15) is 0 Å². The van der Waals surface area contributed by atoms with Gasteiger partial charge in [0.1, 0.15) is 0 Å². The lowest BCUT2D eigenvalue weighted by molar-refractivity contribution is -0.121. The van der Waals surface area contributed by atoms with Gasteiger partial charge in [-0.3, -0.25) is 19.5 Å². The van der Waals surface area contributed by atoms with Crippen LogP contribution in [0.2, 0.25) is 0 Å². The van der Waals surface area contributed by atoms with Gasteiger partial charge in [0.2, 0.25) is 5.91 Å². The summed E-state index contributed by atoms with van der Waals surface area (Å²) in [4.78, 5) is 33.9. The number of carbonyl (C=O) groups is 2. The monoisotopic (exact) mass is 400 g/mol. The fourth-order valence-electron chi connectivity index (χ4n) is 3.69. The fourth-order valence-corrected chi connectivity index (χ4v) is 3.69. The highest BCUT2D eigenvalue weighted by atomic mass is 16.2. The summed E-state index contributed by atoms with van der Waals surface area (Å²) in [5.74, 6) is -0.245. The Morgan fingerprint density at radius 2 is 1.77 bits per heavy atom. The number of fused-ring (bicyclic) bond motifs is 1. The Hall–Kier alpha value is -3.67. The number of benzene rings is 2. The molecule has 0 radical (unpaired) electrons. The summed E-state index contributed by atoms with van der Waals surface area (Å²) >= 11 is 0. The van der Waals surface area contributed by atoms with Crippen LogP contribution < -0.4 is 15.1 Å². The molecule has 2 heterocycles. The molecule has 1 N–H and O–H groups in total. The van der Waals surface area contributed by atoms with Crippen molar-refractivity contribution in [3.8, 4) is 0 Å². The predicted molar refractivity (Wildman–Crippen MR) is 117 cm³/mol. The second-order valence-electron chi connectivity index (χ2n) is 7.50. The minimum Gasteiger partial charge on any atom is -0.378 e. The highest BCUT2D eigenvalue weighted by Crippen LogP contribution is 2.38. The van der Waals surface area contributed by atoms with E-state index in [1.54, 1.807) is 23.2 Å². The lowest BCUT2D eigenvalue weighted by Gasteiger charge is -2.24. The topological polar surface area (TPSA) is 65.5 Å². The van der Waals surface area contributed by atoms with E-state index in [2.05, 4.69) is 10.3 Å². The SMILES string of the molecule is CN(C)c1ccc(CNC(=O)C[C@H]2c3ncccc3C(=O)N2c2ccccc2)cc1. The molecule has 0 saturated carbocycles. The van der Waals surface area contributed by atoms with E-state index in [-0.39, 0.29) is 18.2 Å². The number of pyridine rings is 1. The Morgan fingerprint density at radius 3 is 2.47 bits per heavy atom. The van der Waals surface area contributed by atoms with Gasteiger partial charge in [-0.05, 0) is 42.0 Å². The van der Waals surface area contributed by atoms with E-state index in [1.165, 1.54) is 0 Å². The van der Waals surface area contributed by atoms with Crippen LogP contribution in [-0.2, 0) is 11.3 Å². The van der Waals surface area contributed by atoms with Gasteiger partial charge in [-0.1, -0.05) is 30.3 Å². The number of carbonyl (C=O) groups excluding carboxylic acids is 2. The third-order valence-corrected chi connectivity index (χ3v) is 5.27. The van der Waals surface area contributed by atoms with Gasteiger partial charge in [0.05, 0.1) is 23.7 Å². The maximum absolute atomic E-state index is 13.0. The van der Waals surface area contributed by atoms with Crippen molar-refractivity contribution in [1.82, 2.24) is 10.3 Å². The first-order valence-electron chi connectivity index (χ1n) is 9.91. The van der Waals surface area contributed by atoms with Gasteiger partial charge in [-0.15, -0.1) is 0 Å². The molecule has 152 valence electrons. The summed E-state index contributed by atoms with van der Waals surface area (Å²) in [5, 5.41) is 2.97. The molecular formula is C24H24N4O2. The molecule has 0 fully saturated rings. The van der Waals surface area contributed by atoms with Gasteiger partial charge in [0, 0.05) is 38.2 Å². The Morgan fingerprint density at radius 1 is 1.03 bits per heavy atom. The molecular weight excluding hydrogens is 376 g/mol. The highest BCUT2D eigenvalue weighted by molar-refractivity contribution is 6.11. The number of hydrogen-bond acceptors (Lipinski definition) is 4. The average molecular weight is 400 g/mol. The van der Waals surface area contributed by atoms with Crippen molar-refractivity contribution in [1.29, 1.82) is 0 Å². The summed E-state index contributed by atoms with van der Waals surface area (Å²) in [6.45, 7) is 0.438. The molecule has 4 rings (SSSR count). The molecule has 6 heteroatoms. The van der Waals surface area contributed by atoms with Crippen LogP contribution >= 0.6 is 0 Å². The molecule has 2 amide bonds. The fraction of sp³-hybridized carbons (Fsp3) is 0.208. The minimum absolute atomic E-state index is 0.121. The number of rotatable bonds is 6. The number of amides is 2. The first-order valence-corrected chi connectivity index (χ1v) is 9.91. The molecule has 6 nitrogen and oxygen atoms in total. The molecule has 1 aliphatic heterocycles. The van der Waals surface area contributed by atoms with Crippen molar-refractivity contribution < 1.29 is 9.59 Å². The smallest absolute Gasteiger partial charge is 0.260 e. The van der Waals surface area contributed by atoms with Crippen LogP contribution in [0.25, 0.3) is 0 Å². The van der Waals surface area contributed by atoms with Gasteiger partial charge in [0.15, 0.2) is 0 Å². The lowest BCUT2D eigenvalue weighted by atomic mass is 10.1. The van der Waals surface area contributed by atoms with Crippen LogP contribution in [0.5, 0.6) is 0 Å². The minimum atomic E-state index is -0.424. The van der Waals surface area contributed by atoms with E-state index in [0.29, 0.717) is 17.8 Å². The molecule has 0 bridgehead atoms. The number of aromatic nitrogens is 1. The van der Waals surface area contributed by atoms with Crippen molar-refractivity contribution in [2.24, 2.45) is 0 Å². The van der Waals surface area contributed by atoms with E-state index in [0.717, 1.165) is 16.9 Å². The van der Waals surface area contributed by atoms with Gasteiger partial charge < -0.3 is 10.2 Å². The average Bonchev–Trinajstić information content (AvgIpc) is 3.05. The van der Waals surface area contributed by atoms with E-state index in [9.17, 15) is 9.59 Å². The van der Waals surface area contributed by atoms with E-state index >= 15 is 0 Å². The number of nitrogens with zero attached hydrogens (tertiary/aromatic N) is 3. The molecule has 1 atom stereocenters. The molecule has 0 spiro atoms. The molecule has 0 aliphatic carbocycles. The van der Waals surface area contributed by atoms with Crippen LogP contribution in [-0.4, -0.2) is 30.9 Å². The molecule has 1 aromatic heterocycles. The number of anilines is 2. The van der Waals surface area contributed by atoms with Crippen LogP contribution in [0.1, 0.15) is 34.1 Å². The number of hydrogen-bond donors (Lipinski definition) is 1. The Bertz CT molecular complexity index is 1050.